The van der Waals surface area contributed by atoms with Crippen LogP contribution >= 0.6 is 11.3 Å². The molecule has 1 aliphatic heterocycles. The van der Waals surface area contributed by atoms with Crippen molar-refractivity contribution in [2.45, 2.75) is 77.7 Å². The Bertz CT molecular complexity index is 1720. The van der Waals surface area contributed by atoms with Crippen molar-refractivity contribution in [1.82, 2.24) is 20.2 Å². The van der Waals surface area contributed by atoms with Crippen LogP contribution in [0.5, 0.6) is 5.75 Å². The first kappa shape index (κ1) is 36.7. The Hall–Kier alpha value is -4.57. The number of amides is 2. The maximum absolute atomic E-state index is 13.6. The zero-order chi connectivity index (χ0) is 35.7. The van der Waals surface area contributed by atoms with Crippen molar-refractivity contribution in [3.63, 3.8) is 0 Å². The van der Waals surface area contributed by atoms with E-state index < -0.39 is 6.04 Å². The summed E-state index contributed by atoms with van der Waals surface area (Å²) < 4.78 is 10.7. The summed E-state index contributed by atoms with van der Waals surface area (Å²) in [7, 11) is 1.34. The summed E-state index contributed by atoms with van der Waals surface area (Å²) in [6, 6.07) is 18.7. The topological polar surface area (TPSA) is 111 Å². The molecular weight excluding hydrogens is 649 g/mol. The van der Waals surface area contributed by atoms with Crippen molar-refractivity contribution in [2.75, 3.05) is 26.8 Å². The lowest BCUT2D eigenvalue weighted by atomic mass is 9.95. The van der Waals surface area contributed by atoms with Crippen LogP contribution in [0.25, 0.3) is 22.5 Å². The average Bonchev–Trinajstić information content (AvgIpc) is 3.61. The number of esters is 1. The molecule has 50 heavy (non-hydrogen) atoms. The Morgan fingerprint density at radius 2 is 1.54 bits per heavy atom. The Morgan fingerprint density at radius 3 is 2.16 bits per heavy atom. The number of aromatic nitrogens is 2. The van der Waals surface area contributed by atoms with Crippen molar-refractivity contribution < 1.29 is 23.9 Å². The maximum Gasteiger partial charge on any atom is 0.312 e. The second kappa shape index (κ2) is 16.9. The molecule has 2 amide bonds. The number of carbonyl (C=O) groups excluding carboxylic acids is 3. The SMILES string of the molecule is CCCCCCCOc1ccc(-c2cnc(-c3ccc(CC(NC(=O)c4ccc(C(C)(C)C)s4)C(=O)N4CC(C(=O)OC)C4)cc3)nc2)cc1. The molecule has 0 radical (unpaired) electrons. The third-order valence-corrected chi connectivity index (χ3v) is 10.4. The quantitative estimate of drug-likeness (QED) is 0.101. The first-order chi connectivity index (χ1) is 24.0. The third kappa shape index (κ3) is 9.56. The number of nitrogens with zero attached hydrogens (tertiary/aromatic N) is 3. The predicted molar refractivity (Wildman–Crippen MR) is 197 cm³/mol. The number of benzene rings is 2. The van der Waals surface area contributed by atoms with Crippen LogP contribution in [0, 0.1) is 5.92 Å². The first-order valence-corrected chi connectivity index (χ1v) is 18.3. The minimum atomic E-state index is -0.801. The van der Waals surface area contributed by atoms with Gasteiger partial charge in [0.05, 0.1) is 24.5 Å². The van der Waals surface area contributed by atoms with Crippen LogP contribution in [0.4, 0.5) is 0 Å². The van der Waals surface area contributed by atoms with Gasteiger partial charge in [-0.25, -0.2) is 9.97 Å². The molecule has 4 aromatic rings. The second-order valence-electron chi connectivity index (χ2n) is 13.9. The zero-order valence-electron chi connectivity index (χ0n) is 29.7. The van der Waals surface area contributed by atoms with Gasteiger partial charge in [0, 0.05) is 47.9 Å². The van der Waals surface area contributed by atoms with E-state index >= 15 is 0 Å². The number of unbranched alkanes of at least 4 members (excludes halogenated alkanes) is 4. The van der Waals surface area contributed by atoms with E-state index in [0.717, 1.165) is 45.9 Å². The van der Waals surface area contributed by atoms with Gasteiger partial charge >= 0.3 is 5.97 Å². The van der Waals surface area contributed by atoms with Gasteiger partial charge in [0.1, 0.15) is 11.8 Å². The Kier molecular flexibility index (Phi) is 12.4. The molecule has 1 unspecified atom stereocenters. The fourth-order valence-electron chi connectivity index (χ4n) is 5.78. The minimum absolute atomic E-state index is 0.0849. The second-order valence-corrected chi connectivity index (χ2v) is 15.0. The van der Waals surface area contributed by atoms with Gasteiger partial charge in [0.15, 0.2) is 5.82 Å². The number of hydrogen-bond donors (Lipinski definition) is 1. The van der Waals surface area contributed by atoms with Crippen LogP contribution in [0.15, 0.2) is 73.1 Å². The first-order valence-electron chi connectivity index (χ1n) is 17.5. The number of thiophene rings is 1. The molecule has 0 saturated carbocycles. The Morgan fingerprint density at radius 1 is 0.880 bits per heavy atom. The largest absolute Gasteiger partial charge is 0.494 e. The third-order valence-electron chi connectivity index (χ3n) is 8.91. The van der Waals surface area contributed by atoms with Gasteiger partial charge in [0.2, 0.25) is 5.91 Å². The number of likely N-dealkylation sites (tertiary alicyclic amines) is 1. The van der Waals surface area contributed by atoms with Crippen molar-refractivity contribution in [3.8, 4) is 28.3 Å². The van der Waals surface area contributed by atoms with E-state index in [2.05, 4.69) is 43.0 Å². The van der Waals surface area contributed by atoms with Gasteiger partial charge in [0.25, 0.3) is 5.91 Å². The van der Waals surface area contributed by atoms with Gasteiger partial charge in [-0.15, -0.1) is 11.3 Å². The molecule has 10 heteroatoms. The molecule has 0 aliphatic carbocycles. The molecule has 9 nitrogen and oxygen atoms in total. The molecular formula is C40H48N4O5S. The molecule has 0 bridgehead atoms. The fraction of sp³-hybridized carbons (Fsp3) is 0.425. The van der Waals surface area contributed by atoms with E-state index in [4.69, 9.17) is 9.47 Å². The number of nitrogens with one attached hydrogen (secondary N) is 1. The highest BCUT2D eigenvalue weighted by Gasteiger charge is 2.39. The van der Waals surface area contributed by atoms with Crippen LogP contribution in [0.2, 0.25) is 0 Å². The number of hydrogen-bond acceptors (Lipinski definition) is 8. The van der Waals surface area contributed by atoms with Crippen LogP contribution in [-0.2, 0) is 26.2 Å². The standard InChI is InChI=1S/C40H48N4O5S/c1-6-7-8-9-10-21-49-32-17-15-28(16-18-32)30-23-41-36(42-24-30)29-13-11-27(12-14-29)22-33(38(46)44-25-31(26-44)39(47)48-5)43-37(45)34-19-20-35(50-34)40(2,3)4/h11-20,23-24,31,33H,6-10,21-22,25-26H2,1-5H3,(H,43,45). The Labute approximate surface area is 299 Å². The lowest BCUT2D eigenvalue weighted by molar-refractivity contribution is -0.156. The lowest BCUT2D eigenvalue weighted by Crippen LogP contribution is -2.59. The monoisotopic (exact) mass is 696 g/mol. The van der Waals surface area contributed by atoms with Gasteiger partial charge in [-0.2, -0.15) is 0 Å². The van der Waals surface area contributed by atoms with Crippen LogP contribution in [0.3, 0.4) is 0 Å². The normalized spacial score (nSPS) is 13.7. The van der Waals surface area contributed by atoms with Crippen molar-refractivity contribution in [1.29, 1.82) is 0 Å². The van der Waals surface area contributed by atoms with Crippen molar-refractivity contribution in [3.05, 3.63) is 88.4 Å². The highest BCUT2D eigenvalue weighted by Crippen LogP contribution is 2.30. The molecule has 1 fully saturated rings. The molecule has 1 aliphatic rings. The smallest absolute Gasteiger partial charge is 0.312 e. The van der Waals surface area contributed by atoms with E-state index in [-0.39, 0.29) is 42.2 Å². The summed E-state index contributed by atoms with van der Waals surface area (Å²) in [6.07, 6.45) is 9.96. The number of methoxy groups -OCH3 is 1. The zero-order valence-corrected chi connectivity index (χ0v) is 30.6. The molecule has 1 N–H and O–H groups in total. The van der Waals surface area contributed by atoms with E-state index in [0.29, 0.717) is 17.1 Å². The van der Waals surface area contributed by atoms with Gasteiger partial charge in [-0.1, -0.05) is 89.8 Å². The van der Waals surface area contributed by atoms with E-state index in [1.165, 1.54) is 44.1 Å². The molecule has 2 aromatic carbocycles. The summed E-state index contributed by atoms with van der Waals surface area (Å²) >= 11 is 1.43. The fourth-order valence-corrected chi connectivity index (χ4v) is 6.75. The maximum atomic E-state index is 13.6. The molecule has 1 saturated heterocycles. The van der Waals surface area contributed by atoms with E-state index in [9.17, 15) is 14.4 Å². The number of ether oxygens (including phenoxy) is 2. The summed E-state index contributed by atoms with van der Waals surface area (Å²) in [5.41, 5.74) is 3.55. The van der Waals surface area contributed by atoms with Crippen molar-refractivity contribution in [2.24, 2.45) is 5.92 Å². The van der Waals surface area contributed by atoms with Gasteiger partial charge in [-0.3, -0.25) is 14.4 Å². The molecule has 3 heterocycles. The molecule has 2 aromatic heterocycles. The van der Waals surface area contributed by atoms with Gasteiger partial charge in [-0.05, 0) is 47.2 Å². The van der Waals surface area contributed by atoms with Gasteiger partial charge < -0.3 is 19.7 Å². The summed E-state index contributed by atoms with van der Waals surface area (Å²) in [5.74, 6) is 0.254. The molecule has 5 rings (SSSR count). The van der Waals surface area contributed by atoms with Crippen LogP contribution in [-0.4, -0.2) is 65.5 Å². The molecule has 0 spiro atoms. The number of rotatable bonds is 15. The minimum Gasteiger partial charge on any atom is -0.494 e. The predicted octanol–water partition coefficient (Wildman–Crippen LogP) is 7.49. The summed E-state index contributed by atoms with van der Waals surface area (Å²) in [5, 5.41) is 2.98. The average molecular weight is 697 g/mol. The summed E-state index contributed by atoms with van der Waals surface area (Å²) in [4.78, 5) is 51.4. The van der Waals surface area contributed by atoms with E-state index in [1.807, 2.05) is 67.0 Å². The highest BCUT2D eigenvalue weighted by atomic mass is 32.1. The molecule has 264 valence electrons. The summed E-state index contributed by atoms with van der Waals surface area (Å²) in [6.45, 7) is 9.79. The van der Waals surface area contributed by atoms with Crippen LogP contribution < -0.4 is 10.1 Å². The van der Waals surface area contributed by atoms with Crippen molar-refractivity contribution >= 4 is 29.1 Å². The Balaban J connectivity index is 1.22. The van der Waals surface area contributed by atoms with E-state index in [1.54, 1.807) is 11.0 Å². The lowest BCUT2D eigenvalue weighted by Gasteiger charge is -2.39. The van der Waals surface area contributed by atoms with Crippen LogP contribution in [0.1, 0.15) is 79.9 Å². The molecule has 1 atom stereocenters. The number of carbonyl (C=O) groups is 3. The highest BCUT2D eigenvalue weighted by molar-refractivity contribution is 7.14.